The second kappa shape index (κ2) is 5.94. The number of hydrogen-bond donors (Lipinski definition) is 5. The van der Waals surface area contributed by atoms with Gasteiger partial charge in [0.05, 0.1) is 6.61 Å². The molecule has 0 amide bonds. The van der Waals surface area contributed by atoms with E-state index in [4.69, 9.17) is 14.6 Å². The fraction of sp³-hybridized carbons (Fsp3) is 0.538. The minimum atomic E-state index is -1.48. The molecule has 0 radical (unpaired) electrons. The van der Waals surface area contributed by atoms with Gasteiger partial charge in [-0.05, 0) is 30.7 Å². The molecule has 0 aliphatic carbocycles. The number of aryl methyl sites for hydroxylation is 1. The molecule has 5 N–H and O–H groups in total. The Balaban J connectivity index is 2.13. The summed E-state index contributed by atoms with van der Waals surface area (Å²) in [6.45, 7) is 1.16. The van der Waals surface area contributed by atoms with Crippen LogP contribution in [0.1, 0.15) is 5.56 Å². The first-order valence-electron chi connectivity index (χ1n) is 6.21. The average Bonchev–Trinajstić information content (AvgIpc) is 2.43. The zero-order valence-electron chi connectivity index (χ0n) is 10.9. The van der Waals surface area contributed by atoms with Crippen LogP contribution < -0.4 is 4.74 Å². The molecule has 0 spiro atoms. The SMILES string of the molecule is Cc1cc(O[C@H]2O[C@@H](CO)[C@@H](O)[C@@H](O)[C@H]2O)ccc1O. The van der Waals surface area contributed by atoms with Crippen LogP contribution in [0.25, 0.3) is 0 Å². The van der Waals surface area contributed by atoms with Gasteiger partial charge in [0.2, 0.25) is 6.29 Å². The lowest BCUT2D eigenvalue weighted by Gasteiger charge is -2.39. The zero-order chi connectivity index (χ0) is 14.9. The van der Waals surface area contributed by atoms with Gasteiger partial charge < -0.3 is 35.0 Å². The summed E-state index contributed by atoms with van der Waals surface area (Å²) in [4.78, 5) is 0. The largest absolute Gasteiger partial charge is 0.508 e. The van der Waals surface area contributed by atoms with Crippen molar-refractivity contribution in [3.05, 3.63) is 23.8 Å². The quantitative estimate of drug-likeness (QED) is 0.477. The van der Waals surface area contributed by atoms with Gasteiger partial charge in [0.15, 0.2) is 0 Å². The molecule has 1 heterocycles. The first kappa shape index (κ1) is 15.0. The van der Waals surface area contributed by atoms with E-state index in [1.54, 1.807) is 6.92 Å². The molecule has 2 rings (SSSR count). The van der Waals surface area contributed by atoms with Gasteiger partial charge in [-0.1, -0.05) is 0 Å². The summed E-state index contributed by atoms with van der Waals surface area (Å²) in [6.07, 6.45) is -6.60. The van der Waals surface area contributed by atoms with Crippen molar-refractivity contribution < 1.29 is 35.0 Å². The maximum Gasteiger partial charge on any atom is 0.229 e. The Morgan fingerprint density at radius 1 is 1.15 bits per heavy atom. The van der Waals surface area contributed by atoms with Crippen molar-refractivity contribution in [3.8, 4) is 11.5 Å². The Bertz CT molecular complexity index is 462. The van der Waals surface area contributed by atoms with E-state index in [0.29, 0.717) is 11.3 Å². The molecule has 0 aromatic heterocycles. The second-order valence-electron chi connectivity index (χ2n) is 4.76. The van der Waals surface area contributed by atoms with Gasteiger partial charge in [-0.15, -0.1) is 0 Å². The maximum atomic E-state index is 9.82. The van der Waals surface area contributed by atoms with Crippen molar-refractivity contribution in [1.82, 2.24) is 0 Å². The topological polar surface area (TPSA) is 120 Å². The minimum Gasteiger partial charge on any atom is -0.508 e. The van der Waals surface area contributed by atoms with E-state index in [-0.39, 0.29) is 5.75 Å². The highest BCUT2D eigenvalue weighted by Gasteiger charge is 2.44. The summed E-state index contributed by atoms with van der Waals surface area (Å²) >= 11 is 0. The van der Waals surface area contributed by atoms with Crippen LogP contribution in [0.5, 0.6) is 11.5 Å². The Morgan fingerprint density at radius 3 is 2.45 bits per heavy atom. The lowest BCUT2D eigenvalue weighted by Crippen LogP contribution is -2.60. The van der Waals surface area contributed by atoms with E-state index < -0.39 is 37.3 Å². The lowest BCUT2D eigenvalue weighted by atomic mass is 9.99. The van der Waals surface area contributed by atoms with Gasteiger partial charge in [-0.3, -0.25) is 0 Å². The van der Waals surface area contributed by atoms with E-state index in [1.807, 2.05) is 0 Å². The summed E-state index contributed by atoms with van der Waals surface area (Å²) in [6, 6.07) is 4.44. The maximum absolute atomic E-state index is 9.82. The highest BCUT2D eigenvalue weighted by atomic mass is 16.7. The number of aliphatic hydroxyl groups excluding tert-OH is 4. The molecular weight excluding hydrogens is 268 g/mol. The van der Waals surface area contributed by atoms with E-state index in [1.165, 1.54) is 18.2 Å². The third-order valence-electron chi connectivity index (χ3n) is 3.27. The number of aromatic hydroxyl groups is 1. The van der Waals surface area contributed by atoms with E-state index >= 15 is 0 Å². The third kappa shape index (κ3) is 2.87. The van der Waals surface area contributed by atoms with Gasteiger partial charge in [0.1, 0.15) is 35.9 Å². The molecule has 1 aromatic carbocycles. The summed E-state index contributed by atoms with van der Waals surface area (Å²) in [7, 11) is 0. The summed E-state index contributed by atoms with van der Waals surface area (Å²) < 4.78 is 10.6. The van der Waals surface area contributed by atoms with E-state index in [9.17, 15) is 20.4 Å². The molecule has 1 aliphatic heterocycles. The molecule has 112 valence electrons. The summed E-state index contributed by atoms with van der Waals surface area (Å²) in [5.41, 5.74) is 0.576. The molecule has 20 heavy (non-hydrogen) atoms. The molecule has 1 saturated heterocycles. The first-order valence-corrected chi connectivity index (χ1v) is 6.21. The standard InChI is InChI=1S/C13H18O7/c1-6-4-7(2-3-8(6)15)19-13-12(18)11(17)10(16)9(5-14)20-13/h2-4,9-18H,5H2,1H3/t9-,10+,11+,12+,13-/m0/s1. The normalized spacial score (nSPS) is 34.0. The van der Waals surface area contributed by atoms with Gasteiger partial charge in [-0.25, -0.2) is 0 Å². The van der Waals surface area contributed by atoms with E-state index in [2.05, 4.69) is 0 Å². The summed E-state index contributed by atoms with van der Waals surface area (Å²) in [5.74, 6) is 0.427. The molecule has 1 aliphatic rings. The van der Waals surface area contributed by atoms with Gasteiger partial charge in [-0.2, -0.15) is 0 Å². The van der Waals surface area contributed by atoms with Crippen molar-refractivity contribution in [2.75, 3.05) is 6.61 Å². The van der Waals surface area contributed by atoms with Crippen LogP contribution >= 0.6 is 0 Å². The van der Waals surface area contributed by atoms with Crippen molar-refractivity contribution >= 4 is 0 Å². The third-order valence-corrected chi connectivity index (χ3v) is 3.27. The van der Waals surface area contributed by atoms with Crippen LogP contribution in [-0.4, -0.2) is 62.8 Å². The van der Waals surface area contributed by atoms with Crippen LogP contribution in [0.15, 0.2) is 18.2 Å². The van der Waals surface area contributed by atoms with Crippen LogP contribution in [0, 0.1) is 6.92 Å². The predicted molar refractivity (Wildman–Crippen MR) is 67.2 cm³/mol. The highest BCUT2D eigenvalue weighted by Crippen LogP contribution is 2.27. The van der Waals surface area contributed by atoms with E-state index in [0.717, 1.165) is 0 Å². The molecule has 0 bridgehead atoms. The molecule has 7 heteroatoms. The second-order valence-corrected chi connectivity index (χ2v) is 4.76. The average molecular weight is 286 g/mol. The Kier molecular flexibility index (Phi) is 4.46. The highest BCUT2D eigenvalue weighted by molar-refractivity contribution is 5.38. The molecular formula is C13H18O7. The fourth-order valence-electron chi connectivity index (χ4n) is 2.00. The number of hydrogen-bond acceptors (Lipinski definition) is 7. The van der Waals surface area contributed by atoms with Crippen LogP contribution in [-0.2, 0) is 4.74 Å². The molecule has 1 fully saturated rings. The molecule has 1 aromatic rings. The Hall–Kier alpha value is -1.38. The van der Waals surface area contributed by atoms with Crippen LogP contribution in [0.4, 0.5) is 0 Å². The molecule has 0 unspecified atom stereocenters. The van der Waals surface area contributed by atoms with Crippen molar-refractivity contribution in [2.24, 2.45) is 0 Å². The zero-order valence-corrected chi connectivity index (χ0v) is 10.9. The lowest BCUT2D eigenvalue weighted by molar-refractivity contribution is -0.277. The number of ether oxygens (including phenoxy) is 2. The summed E-state index contributed by atoms with van der Waals surface area (Å²) in [5, 5.41) is 47.6. The Labute approximate surface area is 115 Å². The Morgan fingerprint density at radius 2 is 1.85 bits per heavy atom. The molecule has 5 atom stereocenters. The number of aliphatic hydroxyl groups is 4. The van der Waals surface area contributed by atoms with Crippen molar-refractivity contribution in [3.63, 3.8) is 0 Å². The van der Waals surface area contributed by atoms with Crippen molar-refractivity contribution in [2.45, 2.75) is 37.6 Å². The van der Waals surface area contributed by atoms with Crippen LogP contribution in [0.3, 0.4) is 0 Å². The van der Waals surface area contributed by atoms with Crippen molar-refractivity contribution in [1.29, 1.82) is 0 Å². The molecule has 7 nitrogen and oxygen atoms in total. The smallest absolute Gasteiger partial charge is 0.229 e. The van der Waals surface area contributed by atoms with Gasteiger partial charge >= 0.3 is 0 Å². The number of benzene rings is 1. The van der Waals surface area contributed by atoms with Crippen LogP contribution in [0.2, 0.25) is 0 Å². The monoisotopic (exact) mass is 286 g/mol. The number of phenolic OH excluding ortho intramolecular Hbond substituents is 1. The van der Waals surface area contributed by atoms with Gasteiger partial charge in [0.25, 0.3) is 0 Å². The number of rotatable bonds is 3. The molecule has 0 saturated carbocycles. The fourth-order valence-corrected chi connectivity index (χ4v) is 2.00. The van der Waals surface area contributed by atoms with Gasteiger partial charge in [0, 0.05) is 0 Å². The minimum absolute atomic E-state index is 0.103. The number of phenols is 1. The predicted octanol–water partition coefficient (Wildman–Crippen LogP) is -1.12. The first-order chi connectivity index (χ1) is 9.43.